The van der Waals surface area contributed by atoms with E-state index >= 15 is 0 Å². The molecule has 0 spiro atoms. The molecule has 1 N–H and O–H groups in total. The van der Waals surface area contributed by atoms with Gasteiger partial charge in [-0.25, -0.2) is 9.59 Å². The van der Waals surface area contributed by atoms with Gasteiger partial charge in [0.15, 0.2) is 5.78 Å². The monoisotopic (exact) mass is 465 g/mol. The van der Waals surface area contributed by atoms with Crippen molar-refractivity contribution in [3.8, 4) is 0 Å². The first-order chi connectivity index (χ1) is 13.5. The molecule has 1 aromatic rings. The van der Waals surface area contributed by atoms with Crippen LogP contribution < -0.4 is 5.32 Å². The number of carbonyl (C=O) groups excluding carboxylic acids is 4. The summed E-state index contributed by atoms with van der Waals surface area (Å²) in [7, 11) is 2.46. The average molecular weight is 466 g/mol. The fourth-order valence-electron chi connectivity index (χ4n) is 4.87. The molecule has 1 aromatic carbocycles. The molecule has 29 heavy (non-hydrogen) atoms. The molecule has 7 nitrogen and oxygen atoms in total. The number of nitrogens with one attached hydrogen (secondary N) is 1. The zero-order chi connectivity index (χ0) is 21.8. The molecule has 1 amide bonds. The number of Topliss-reactive ketones (excluding diaryl/α,β-unsaturated/α-hetero) is 1. The molecule has 0 aromatic heterocycles. The Hall–Kier alpha value is -2.22. The molecule has 0 heterocycles. The number of alkyl halides is 1. The fourth-order valence-corrected chi connectivity index (χ4v) is 6.38. The lowest BCUT2D eigenvalue weighted by Gasteiger charge is -2.39. The molecule has 3 rings (SSSR count). The fraction of sp³-hybridized carbons (Fsp3) is 0.524. The predicted molar refractivity (Wildman–Crippen MR) is 109 cm³/mol. The van der Waals surface area contributed by atoms with E-state index in [1.54, 1.807) is 0 Å². The van der Waals surface area contributed by atoms with Gasteiger partial charge in [0.05, 0.1) is 35.6 Å². The highest BCUT2D eigenvalue weighted by Gasteiger charge is 2.76. The molecule has 3 atom stereocenters. The van der Waals surface area contributed by atoms with E-state index in [9.17, 15) is 19.2 Å². The van der Waals surface area contributed by atoms with Crippen molar-refractivity contribution in [3.63, 3.8) is 0 Å². The highest BCUT2D eigenvalue weighted by Crippen LogP contribution is 2.72. The summed E-state index contributed by atoms with van der Waals surface area (Å²) in [5.41, 5.74) is -1.63. The molecule has 2 aliphatic carbocycles. The van der Waals surface area contributed by atoms with E-state index in [0.29, 0.717) is 12.8 Å². The van der Waals surface area contributed by atoms with Crippen molar-refractivity contribution in [1.29, 1.82) is 0 Å². The second-order valence-electron chi connectivity index (χ2n) is 8.39. The van der Waals surface area contributed by atoms with Gasteiger partial charge in [-0.1, -0.05) is 36.7 Å². The number of hydrogen-bond acceptors (Lipinski definition) is 6. The minimum absolute atomic E-state index is 0.0301. The summed E-state index contributed by atoms with van der Waals surface area (Å²) in [4.78, 5) is 49.8. The first kappa shape index (κ1) is 21.5. The van der Waals surface area contributed by atoms with Crippen LogP contribution >= 0.6 is 15.9 Å². The normalized spacial score (nSPS) is 29.4. The molecule has 0 radical (unpaired) electrons. The van der Waals surface area contributed by atoms with Gasteiger partial charge in [-0.3, -0.25) is 9.59 Å². The Morgan fingerprint density at radius 1 is 1.00 bits per heavy atom. The largest absolute Gasteiger partial charge is 0.465 e. The van der Waals surface area contributed by atoms with Crippen LogP contribution in [0.5, 0.6) is 0 Å². The summed E-state index contributed by atoms with van der Waals surface area (Å²) in [5.74, 6) is -1.58. The molecule has 2 aliphatic rings. The Kier molecular flexibility index (Phi) is 5.14. The Bertz CT molecular complexity index is 891. The van der Waals surface area contributed by atoms with Crippen LogP contribution in [0.25, 0.3) is 0 Å². The van der Waals surface area contributed by atoms with Crippen molar-refractivity contribution < 1.29 is 28.7 Å². The van der Waals surface area contributed by atoms with Crippen LogP contribution in [-0.2, 0) is 19.1 Å². The molecule has 156 valence electrons. The standard InChI is InChI=1S/C21H24BrNO6/c1-19(2)20(3)6-7-21(19,14(22)15(20)24)18(27)23-13-9-11(16(25)28-4)8-12(10-13)17(26)29-5/h8-10,14H,6-7H2,1-5H3,(H,23,27). The first-order valence-electron chi connectivity index (χ1n) is 9.28. The third-order valence-corrected chi connectivity index (χ3v) is 8.36. The van der Waals surface area contributed by atoms with E-state index in [-0.39, 0.29) is 28.5 Å². The highest BCUT2D eigenvalue weighted by atomic mass is 79.9. The summed E-state index contributed by atoms with van der Waals surface area (Å²) >= 11 is 3.48. The molecule has 3 unspecified atom stereocenters. The summed E-state index contributed by atoms with van der Waals surface area (Å²) < 4.78 is 9.47. The lowest BCUT2D eigenvalue weighted by atomic mass is 9.64. The van der Waals surface area contributed by atoms with Crippen LogP contribution in [0, 0.1) is 16.2 Å². The van der Waals surface area contributed by atoms with Gasteiger partial charge >= 0.3 is 11.9 Å². The number of halogens is 1. The van der Waals surface area contributed by atoms with E-state index in [0.717, 1.165) is 0 Å². The van der Waals surface area contributed by atoms with Crippen LogP contribution in [0.3, 0.4) is 0 Å². The quantitative estimate of drug-likeness (QED) is 0.540. The van der Waals surface area contributed by atoms with Crippen LogP contribution in [0.2, 0.25) is 0 Å². The Balaban J connectivity index is 2.02. The Morgan fingerprint density at radius 3 is 1.93 bits per heavy atom. The van der Waals surface area contributed by atoms with Crippen LogP contribution in [0.15, 0.2) is 18.2 Å². The van der Waals surface area contributed by atoms with Crippen molar-refractivity contribution in [2.24, 2.45) is 16.2 Å². The van der Waals surface area contributed by atoms with Crippen molar-refractivity contribution in [2.45, 2.75) is 38.4 Å². The molecule has 2 saturated carbocycles. The number of ketones is 1. The Labute approximate surface area is 177 Å². The summed E-state index contributed by atoms with van der Waals surface area (Å²) in [6.07, 6.45) is 1.19. The van der Waals surface area contributed by atoms with Crippen LogP contribution in [0.1, 0.15) is 54.3 Å². The van der Waals surface area contributed by atoms with Gasteiger partial charge in [0, 0.05) is 11.1 Å². The number of hydrogen-bond donors (Lipinski definition) is 1. The van der Waals surface area contributed by atoms with Crippen molar-refractivity contribution in [2.75, 3.05) is 19.5 Å². The maximum absolute atomic E-state index is 13.5. The Morgan fingerprint density at radius 2 is 1.52 bits per heavy atom. The average Bonchev–Trinajstić information content (AvgIpc) is 2.97. The summed E-state index contributed by atoms with van der Waals surface area (Å²) in [6.45, 7) is 5.81. The van der Waals surface area contributed by atoms with Crippen molar-refractivity contribution in [3.05, 3.63) is 29.3 Å². The second kappa shape index (κ2) is 6.93. The number of ether oxygens (including phenoxy) is 2. The predicted octanol–water partition coefficient (Wildman–Crippen LogP) is 3.36. The first-order valence-corrected chi connectivity index (χ1v) is 10.2. The number of fused-ring (bicyclic) bond motifs is 2. The van der Waals surface area contributed by atoms with E-state index in [1.807, 2.05) is 20.8 Å². The smallest absolute Gasteiger partial charge is 0.337 e. The van der Waals surface area contributed by atoms with Crippen LogP contribution in [0.4, 0.5) is 5.69 Å². The number of amides is 1. The van der Waals surface area contributed by atoms with Gasteiger partial charge in [0.2, 0.25) is 5.91 Å². The molecular formula is C21H24BrNO6. The summed E-state index contributed by atoms with van der Waals surface area (Å²) in [5, 5.41) is 2.83. The van der Waals surface area contributed by atoms with Gasteiger partial charge in [-0.05, 0) is 36.5 Å². The van der Waals surface area contributed by atoms with Gasteiger partial charge in [-0.15, -0.1) is 0 Å². The lowest BCUT2D eigenvalue weighted by molar-refractivity contribution is -0.130. The molecule has 0 saturated heterocycles. The van der Waals surface area contributed by atoms with Crippen molar-refractivity contribution in [1.82, 2.24) is 0 Å². The van der Waals surface area contributed by atoms with E-state index in [2.05, 4.69) is 21.2 Å². The third kappa shape index (κ3) is 2.75. The number of anilines is 1. The topological polar surface area (TPSA) is 98.8 Å². The number of carbonyl (C=O) groups is 4. The molecule has 0 aliphatic heterocycles. The van der Waals surface area contributed by atoms with Gasteiger partial charge in [0.25, 0.3) is 0 Å². The molecule has 8 heteroatoms. The van der Waals surface area contributed by atoms with Gasteiger partial charge in [-0.2, -0.15) is 0 Å². The third-order valence-electron chi connectivity index (χ3n) is 7.16. The van der Waals surface area contributed by atoms with E-state index in [1.165, 1.54) is 32.4 Å². The summed E-state index contributed by atoms with van der Waals surface area (Å²) in [6, 6.07) is 4.22. The lowest BCUT2D eigenvalue weighted by Crippen LogP contribution is -2.48. The van der Waals surface area contributed by atoms with Gasteiger partial charge in [0.1, 0.15) is 0 Å². The number of rotatable bonds is 4. The SMILES string of the molecule is COC(=O)c1cc(NC(=O)C23CCC(C)(C(=O)C2Br)C3(C)C)cc(C(=O)OC)c1. The number of esters is 2. The number of methoxy groups -OCH3 is 2. The van der Waals surface area contributed by atoms with E-state index < -0.39 is 33.0 Å². The minimum Gasteiger partial charge on any atom is -0.465 e. The molecule has 2 bridgehead atoms. The minimum atomic E-state index is -0.939. The highest BCUT2D eigenvalue weighted by molar-refractivity contribution is 9.10. The molecular weight excluding hydrogens is 442 g/mol. The van der Waals surface area contributed by atoms with Gasteiger partial charge < -0.3 is 14.8 Å². The molecule has 2 fully saturated rings. The van der Waals surface area contributed by atoms with Crippen molar-refractivity contribution >= 4 is 45.2 Å². The van der Waals surface area contributed by atoms with E-state index in [4.69, 9.17) is 9.47 Å². The second-order valence-corrected chi connectivity index (χ2v) is 9.31. The zero-order valence-corrected chi connectivity index (χ0v) is 18.6. The van der Waals surface area contributed by atoms with Crippen LogP contribution in [-0.4, -0.2) is 42.7 Å². The maximum Gasteiger partial charge on any atom is 0.337 e. The zero-order valence-electron chi connectivity index (χ0n) is 17.1. The maximum atomic E-state index is 13.5. The number of benzene rings is 1.